The Labute approximate surface area is 118 Å². The zero-order valence-electron chi connectivity index (χ0n) is 11.3. The number of H-pyrrole nitrogens is 1. The molecule has 2 aromatic rings. The fourth-order valence-electron chi connectivity index (χ4n) is 2.42. The highest BCUT2D eigenvalue weighted by Crippen LogP contribution is 2.18. The first-order chi connectivity index (χ1) is 9.83. The predicted octanol–water partition coefficient (Wildman–Crippen LogP) is 2.59. The van der Waals surface area contributed by atoms with Crippen LogP contribution in [0.4, 0.5) is 0 Å². The van der Waals surface area contributed by atoms with Gasteiger partial charge in [-0.25, -0.2) is 0 Å². The normalized spacial score (nSPS) is 18.1. The summed E-state index contributed by atoms with van der Waals surface area (Å²) in [6, 6.07) is 13.7. The van der Waals surface area contributed by atoms with Crippen LogP contribution in [0.3, 0.4) is 0 Å². The second-order valence-electron chi connectivity index (χ2n) is 5.00. The van der Waals surface area contributed by atoms with E-state index in [1.54, 1.807) is 0 Å². The third kappa shape index (κ3) is 2.91. The molecule has 0 radical (unpaired) electrons. The Kier molecular flexibility index (Phi) is 3.83. The van der Waals surface area contributed by atoms with E-state index in [4.69, 9.17) is 4.74 Å². The molecule has 0 spiro atoms. The van der Waals surface area contributed by atoms with Gasteiger partial charge in [-0.3, -0.25) is 4.79 Å². The molecule has 1 atom stereocenters. The maximum Gasteiger partial charge on any atom is 0.267 e. The number of nitrogens with one attached hydrogen (secondary N) is 2. The van der Waals surface area contributed by atoms with Crippen molar-refractivity contribution in [2.75, 3.05) is 13.2 Å². The Hall–Kier alpha value is -2.07. The summed E-state index contributed by atoms with van der Waals surface area (Å²) < 4.78 is 5.49. The number of benzene rings is 1. The zero-order chi connectivity index (χ0) is 13.8. The van der Waals surface area contributed by atoms with E-state index in [2.05, 4.69) is 10.3 Å². The SMILES string of the molecule is O=C(NCC1CCCO1)c1ccc(-c2ccccc2)[nH]1. The van der Waals surface area contributed by atoms with Crippen LogP contribution in [-0.4, -0.2) is 30.1 Å². The first kappa shape index (κ1) is 12.9. The maximum absolute atomic E-state index is 12.0. The molecule has 0 aliphatic carbocycles. The summed E-state index contributed by atoms with van der Waals surface area (Å²) in [5.74, 6) is -0.0809. The second-order valence-corrected chi connectivity index (χ2v) is 5.00. The molecule has 1 aromatic heterocycles. The van der Waals surface area contributed by atoms with Crippen LogP contribution < -0.4 is 5.32 Å². The molecule has 1 aliphatic rings. The highest BCUT2D eigenvalue weighted by Gasteiger charge is 2.17. The van der Waals surface area contributed by atoms with Crippen molar-refractivity contribution >= 4 is 5.91 Å². The fraction of sp³-hybridized carbons (Fsp3) is 0.312. The van der Waals surface area contributed by atoms with Gasteiger partial charge in [0.2, 0.25) is 0 Å². The van der Waals surface area contributed by atoms with Crippen molar-refractivity contribution in [3.63, 3.8) is 0 Å². The number of amides is 1. The van der Waals surface area contributed by atoms with Crippen LogP contribution in [0, 0.1) is 0 Å². The second kappa shape index (κ2) is 5.92. The quantitative estimate of drug-likeness (QED) is 0.897. The summed E-state index contributed by atoms with van der Waals surface area (Å²) >= 11 is 0. The topological polar surface area (TPSA) is 54.1 Å². The molecule has 3 rings (SSSR count). The Morgan fingerprint density at radius 2 is 2.10 bits per heavy atom. The lowest BCUT2D eigenvalue weighted by Crippen LogP contribution is -2.31. The average molecular weight is 270 g/mol. The predicted molar refractivity (Wildman–Crippen MR) is 77.5 cm³/mol. The summed E-state index contributed by atoms with van der Waals surface area (Å²) in [6.45, 7) is 1.39. The summed E-state index contributed by atoms with van der Waals surface area (Å²) in [5.41, 5.74) is 2.61. The molecule has 0 bridgehead atoms. The van der Waals surface area contributed by atoms with Crippen molar-refractivity contribution in [1.82, 2.24) is 10.3 Å². The number of hydrogen-bond acceptors (Lipinski definition) is 2. The summed E-state index contributed by atoms with van der Waals surface area (Å²) in [6.07, 6.45) is 2.28. The number of carbonyl (C=O) groups excluding carboxylic acids is 1. The molecule has 1 amide bonds. The van der Waals surface area contributed by atoms with Gasteiger partial charge >= 0.3 is 0 Å². The van der Waals surface area contributed by atoms with Crippen LogP contribution >= 0.6 is 0 Å². The van der Waals surface area contributed by atoms with E-state index in [-0.39, 0.29) is 12.0 Å². The van der Waals surface area contributed by atoms with E-state index in [1.165, 1.54) is 0 Å². The number of hydrogen-bond donors (Lipinski definition) is 2. The molecule has 20 heavy (non-hydrogen) atoms. The van der Waals surface area contributed by atoms with Crippen molar-refractivity contribution in [3.8, 4) is 11.3 Å². The molecular formula is C16H18N2O2. The monoisotopic (exact) mass is 270 g/mol. The van der Waals surface area contributed by atoms with E-state index < -0.39 is 0 Å². The average Bonchev–Trinajstić information content (AvgIpc) is 3.17. The van der Waals surface area contributed by atoms with Crippen LogP contribution in [0.15, 0.2) is 42.5 Å². The van der Waals surface area contributed by atoms with Crippen LogP contribution in [-0.2, 0) is 4.74 Å². The third-order valence-electron chi connectivity index (χ3n) is 3.53. The standard InChI is InChI=1S/C16H18N2O2/c19-16(17-11-13-7-4-10-20-13)15-9-8-14(18-15)12-5-2-1-3-6-12/h1-3,5-6,8-9,13,18H,4,7,10-11H2,(H,17,19). The van der Waals surface area contributed by atoms with Crippen LogP contribution in [0.2, 0.25) is 0 Å². The number of ether oxygens (including phenoxy) is 1. The van der Waals surface area contributed by atoms with Crippen molar-refractivity contribution in [1.29, 1.82) is 0 Å². The van der Waals surface area contributed by atoms with E-state index in [1.807, 2.05) is 42.5 Å². The largest absolute Gasteiger partial charge is 0.376 e. The van der Waals surface area contributed by atoms with Gasteiger partial charge in [-0.15, -0.1) is 0 Å². The molecule has 1 aliphatic heterocycles. The first-order valence-electron chi connectivity index (χ1n) is 6.97. The Morgan fingerprint density at radius 3 is 2.85 bits per heavy atom. The van der Waals surface area contributed by atoms with Gasteiger partial charge in [0, 0.05) is 18.8 Å². The van der Waals surface area contributed by atoms with Gasteiger partial charge in [-0.1, -0.05) is 30.3 Å². The molecule has 1 aromatic carbocycles. The van der Waals surface area contributed by atoms with E-state index in [9.17, 15) is 4.79 Å². The molecular weight excluding hydrogens is 252 g/mol. The van der Waals surface area contributed by atoms with Crippen LogP contribution in [0.1, 0.15) is 23.3 Å². The van der Waals surface area contributed by atoms with Crippen molar-refractivity contribution in [2.45, 2.75) is 18.9 Å². The van der Waals surface area contributed by atoms with Crippen LogP contribution in [0.25, 0.3) is 11.3 Å². The highest BCUT2D eigenvalue weighted by molar-refractivity contribution is 5.93. The van der Waals surface area contributed by atoms with E-state index in [0.29, 0.717) is 12.2 Å². The van der Waals surface area contributed by atoms with Gasteiger partial charge in [-0.05, 0) is 30.5 Å². The van der Waals surface area contributed by atoms with Gasteiger partial charge in [0.25, 0.3) is 5.91 Å². The van der Waals surface area contributed by atoms with Crippen molar-refractivity contribution in [3.05, 3.63) is 48.2 Å². The number of aromatic nitrogens is 1. The van der Waals surface area contributed by atoms with Gasteiger partial charge in [0.15, 0.2) is 0 Å². The summed E-state index contributed by atoms with van der Waals surface area (Å²) in [4.78, 5) is 15.2. The smallest absolute Gasteiger partial charge is 0.267 e. The Bertz CT molecular complexity index is 571. The molecule has 0 saturated carbocycles. The molecule has 4 nitrogen and oxygen atoms in total. The Morgan fingerprint density at radius 1 is 1.25 bits per heavy atom. The molecule has 1 saturated heterocycles. The molecule has 2 heterocycles. The number of carbonyl (C=O) groups is 1. The van der Waals surface area contributed by atoms with E-state index in [0.717, 1.165) is 30.7 Å². The summed E-state index contributed by atoms with van der Waals surface area (Å²) in [7, 11) is 0. The Balaban J connectivity index is 1.62. The lowest BCUT2D eigenvalue weighted by Gasteiger charge is -2.09. The molecule has 1 fully saturated rings. The number of rotatable bonds is 4. The third-order valence-corrected chi connectivity index (χ3v) is 3.53. The van der Waals surface area contributed by atoms with Gasteiger partial charge in [0.05, 0.1) is 6.10 Å². The fourth-order valence-corrected chi connectivity index (χ4v) is 2.42. The lowest BCUT2D eigenvalue weighted by molar-refractivity contribution is 0.0854. The van der Waals surface area contributed by atoms with Gasteiger partial charge in [0.1, 0.15) is 5.69 Å². The van der Waals surface area contributed by atoms with Crippen molar-refractivity contribution in [2.24, 2.45) is 0 Å². The van der Waals surface area contributed by atoms with Crippen molar-refractivity contribution < 1.29 is 9.53 Å². The molecule has 104 valence electrons. The molecule has 1 unspecified atom stereocenters. The van der Waals surface area contributed by atoms with Gasteiger partial charge < -0.3 is 15.0 Å². The summed E-state index contributed by atoms with van der Waals surface area (Å²) in [5, 5.41) is 2.91. The van der Waals surface area contributed by atoms with Crippen LogP contribution in [0.5, 0.6) is 0 Å². The number of aromatic amines is 1. The van der Waals surface area contributed by atoms with Gasteiger partial charge in [-0.2, -0.15) is 0 Å². The minimum atomic E-state index is -0.0809. The zero-order valence-corrected chi connectivity index (χ0v) is 11.3. The minimum absolute atomic E-state index is 0.0809. The van der Waals surface area contributed by atoms with E-state index >= 15 is 0 Å². The highest BCUT2D eigenvalue weighted by atomic mass is 16.5. The maximum atomic E-state index is 12.0. The molecule has 4 heteroatoms. The molecule has 2 N–H and O–H groups in total. The minimum Gasteiger partial charge on any atom is -0.376 e. The lowest BCUT2D eigenvalue weighted by atomic mass is 10.2. The first-order valence-corrected chi connectivity index (χ1v) is 6.97.